The smallest absolute Gasteiger partial charge is 0.227 e. The van der Waals surface area contributed by atoms with Crippen LogP contribution in [0.3, 0.4) is 0 Å². The Labute approximate surface area is 164 Å². The number of amides is 1. The van der Waals surface area contributed by atoms with Crippen LogP contribution in [0, 0.1) is 0 Å². The SMILES string of the molecule is CCOCCOc1c(Cl)cccc1NC(=O)CCc1nc(C(C)(C)C)no1. The van der Waals surface area contributed by atoms with Gasteiger partial charge in [-0.1, -0.05) is 43.6 Å². The predicted molar refractivity (Wildman–Crippen MR) is 103 cm³/mol. The van der Waals surface area contributed by atoms with E-state index in [0.29, 0.717) is 54.4 Å². The maximum Gasteiger partial charge on any atom is 0.227 e. The maximum atomic E-state index is 12.3. The highest BCUT2D eigenvalue weighted by Crippen LogP contribution is 2.33. The van der Waals surface area contributed by atoms with Gasteiger partial charge >= 0.3 is 0 Å². The number of aromatic nitrogens is 2. The number of para-hydroxylation sites is 1. The number of hydrogen-bond acceptors (Lipinski definition) is 6. The summed E-state index contributed by atoms with van der Waals surface area (Å²) in [5, 5.41) is 7.20. The van der Waals surface area contributed by atoms with E-state index in [-0.39, 0.29) is 17.7 Å². The lowest BCUT2D eigenvalue weighted by Gasteiger charge is -2.14. The van der Waals surface area contributed by atoms with E-state index in [1.165, 1.54) is 0 Å². The van der Waals surface area contributed by atoms with E-state index in [2.05, 4.69) is 15.5 Å². The quantitative estimate of drug-likeness (QED) is 0.645. The molecule has 0 spiro atoms. The van der Waals surface area contributed by atoms with Gasteiger partial charge in [0.15, 0.2) is 11.6 Å². The molecule has 0 aliphatic rings. The highest BCUT2D eigenvalue weighted by atomic mass is 35.5. The molecule has 0 saturated heterocycles. The highest BCUT2D eigenvalue weighted by Gasteiger charge is 2.21. The zero-order valence-electron chi connectivity index (χ0n) is 16.2. The second-order valence-corrected chi connectivity index (χ2v) is 7.38. The molecule has 148 valence electrons. The molecule has 7 nitrogen and oxygen atoms in total. The van der Waals surface area contributed by atoms with E-state index < -0.39 is 0 Å². The molecule has 1 aromatic carbocycles. The third-order valence-corrected chi connectivity index (χ3v) is 3.92. The van der Waals surface area contributed by atoms with Crippen LogP contribution in [-0.2, 0) is 21.4 Å². The minimum atomic E-state index is -0.196. The largest absolute Gasteiger partial charge is 0.487 e. The average molecular weight is 396 g/mol. The van der Waals surface area contributed by atoms with Crippen molar-refractivity contribution in [2.75, 3.05) is 25.1 Å². The fraction of sp³-hybridized carbons (Fsp3) is 0.526. The molecule has 2 aromatic rings. The molecule has 2 rings (SSSR count). The van der Waals surface area contributed by atoms with Crippen LogP contribution in [0.15, 0.2) is 22.7 Å². The van der Waals surface area contributed by atoms with Crippen LogP contribution in [0.5, 0.6) is 5.75 Å². The molecule has 0 fully saturated rings. The summed E-state index contributed by atoms with van der Waals surface area (Å²) in [4.78, 5) is 16.6. The fourth-order valence-corrected chi connectivity index (χ4v) is 2.42. The Hall–Kier alpha value is -2.12. The molecule has 1 amide bonds. The first-order chi connectivity index (χ1) is 12.8. The molecule has 27 heavy (non-hydrogen) atoms. The minimum Gasteiger partial charge on any atom is -0.487 e. The third-order valence-electron chi connectivity index (χ3n) is 3.62. The molecular weight excluding hydrogens is 370 g/mol. The first-order valence-corrected chi connectivity index (χ1v) is 9.31. The van der Waals surface area contributed by atoms with Gasteiger partial charge < -0.3 is 19.3 Å². The number of nitrogens with zero attached hydrogens (tertiary/aromatic N) is 2. The molecular formula is C19H26ClN3O4. The van der Waals surface area contributed by atoms with Gasteiger partial charge in [0.05, 0.1) is 17.3 Å². The van der Waals surface area contributed by atoms with Crippen LogP contribution < -0.4 is 10.1 Å². The van der Waals surface area contributed by atoms with Crippen LogP contribution in [0.1, 0.15) is 45.8 Å². The number of anilines is 1. The topological polar surface area (TPSA) is 86.5 Å². The molecule has 0 aliphatic carbocycles. The number of rotatable bonds is 9. The van der Waals surface area contributed by atoms with Crippen LogP contribution >= 0.6 is 11.6 Å². The van der Waals surface area contributed by atoms with Crippen molar-refractivity contribution >= 4 is 23.2 Å². The molecule has 8 heteroatoms. The number of carbonyl (C=O) groups excluding carboxylic acids is 1. The van der Waals surface area contributed by atoms with Crippen LogP contribution in [0.4, 0.5) is 5.69 Å². The molecule has 1 heterocycles. The maximum absolute atomic E-state index is 12.3. The Balaban J connectivity index is 1.93. The van der Waals surface area contributed by atoms with Crippen molar-refractivity contribution in [3.63, 3.8) is 0 Å². The number of benzene rings is 1. The summed E-state index contributed by atoms with van der Waals surface area (Å²) in [5.41, 5.74) is 0.323. The summed E-state index contributed by atoms with van der Waals surface area (Å²) in [5.74, 6) is 1.30. The van der Waals surface area contributed by atoms with Gasteiger partial charge in [-0.3, -0.25) is 4.79 Å². The number of halogens is 1. The molecule has 1 aromatic heterocycles. The number of aryl methyl sites for hydroxylation is 1. The molecule has 0 aliphatic heterocycles. The minimum absolute atomic E-state index is 0.192. The van der Waals surface area contributed by atoms with E-state index in [9.17, 15) is 4.79 Å². The van der Waals surface area contributed by atoms with Crippen molar-refractivity contribution in [1.82, 2.24) is 10.1 Å². The normalized spacial score (nSPS) is 11.4. The summed E-state index contributed by atoms with van der Waals surface area (Å²) < 4.78 is 16.1. The number of carbonyl (C=O) groups is 1. The highest BCUT2D eigenvalue weighted by molar-refractivity contribution is 6.32. The third kappa shape index (κ3) is 6.52. The van der Waals surface area contributed by atoms with E-state index in [1.807, 2.05) is 27.7 Å². The summed E-state index contributed by atoms with van der Waals surface area (Å²) >= 11 is 6.19. The standard InChI is InChI=1S/C19H26ClN3O4/c1-5-25-11-12-26-17-13(20)7-6-8-14(17)21-15(24)9-10-16-22-18(23-27-16)19(2,3)4/h6-8H,5,9-12H2,1-4H3,(H,21,24). The summed E-state index contributed by atoms with van der Waals surface area (Å²) in [7, 11) is 0. The van der Waals surface area contributed by atoms with Crippen molar-refractivity contribution in [2.24, 2.45) is 0 Å². The lowest BCUT2D eigenvalue weighted by Crippen LogP contribution is -2.15. The second kappa shape index (κ2) is 9.71. The van der Waals surface area contributed by atoms with Crippen LogP contribution in [0.25, 0.3) is 0 Å². The first kappa shape index (κ1) is 21.2. The molecule has 1 N–H and O–H groups in total. The zero-order chi connectivity index (χ0) is 19.9. The predicted octanol–water partition coefficient (Wildman–Crippen LogP) is 4.01. The average Bonchev–Trinajstić information content (AvgIpc) is 3.08. The molecule has 0 saturated carbocycles. The summed E-state index contributed by atoms with van der Waals surface area (Å²) in [6, 6.07) is 5.20. The monoisotopic (exact) mass is 395 g/mol. The lowest BCUT2D eigenvalue weighted by atomic mass is 9.96. The molecule has 0 unspecified atom stereocenters. The Morgan fingerprint density at radius 2 is 2.07 bits per heavy atom. The van der Waals surface area contributed by atoms with Crippen molar-refractivity contribution in [3.05, 3.63) is 34.9 Å². The molecule has 0 radical (unpaired) electrons. The first-order valence-electron chi connectivity index (χ1n) is 8.93. The van der Waals surface area contributed by atoms with Gasteiger partial charge in [-0.15, -0.1) is 0 Å². The summed E-state index contributed by atoms with van der Waals surface area (Å²) in [6.45, 7) is 9.32. The Kier molecular flexibility index (Phi) is 7.62. The van der Waals surface area contributed by atoms with Crippen molar-refractivity contribution in [2.45, 2.75) is 46.0 Å². The van der Waals surface area contributed by atoms with Crippen molar-refractivity contribution in [3.8, 4) is 5.75 Å². The van der Waals surface area contributed by atoms with Crippen molar-refractivity contribution < 1.29 is 18.8 Å². The van der Waals surface area contributed by atoms with Crippen molar-refractivity contribution in [1.29, 1.82) is 0 Å². The van der Waals surface area contributed by atoms with E-state index >= 15 is 0 Å². The fourth-order valence-electron chi connectivity index (χ4n) is 2.20. The number of ether oxygens (including phenoxy) is 2. The zero-order valence-corrected chi connectivity index (χ0v) is 16.9. The van der Waals surface area contributed by atoms with Gasteiger partial charge in [-0.25, -0.2) is 0 Å². The lowest BCUT2D eigenvalue weighted by molar-refractivity contribution is -0.116. The Morgan fingerprint density at radius 1 is 1.30 bits per heavy atom. The van der Waals surface area contributed by atoms with Gasteiger partial charge in [-0.05, 0) is 19.1 Å². The van der Waals surface area contributed by atoms with Gasteiger partial charge in [0, 0.05) is 24.9 Å². The summed E-state index contributed by atoms with van der Waals surface area (Å²) in [6.07, 6.45) is 0.562. The second-order valence-electron chi connectivity index (χ2n) is 6.97. The number of nitrogens with one attached hydrogen (secondary N) is 1. The van der Waals surface area contributed by atoms with Crippen LogP contribution in [0.2, 0.25) is 5.02 Å². The number of hydrogen-bond donors (Lipinski definition) is 1. The van der Waals surface area contributed by atoms with E-state index in [0.717, 1.165) is 0 Å². The van der Waals surface area contributed by atoms with Crippen LogP contribution in [-0.4, -0.2) is 35.9 Å². The van der Waals surface area contributed by atoms with E-state index in [4.69, 9.17) is 25.6 Å². The van der Waals surface area contributed by atoms with Gasteiger partial charge in [-0.2, -0.15) is 4.98 Å². The molecule has 0 bridgehead atoms. The van der Waals surface area contributed by atoms with Gasteiger partial charge in [0.2, 0.25) is 11.8 Å². The Morgan fingerprint density at radius 3 is 2.74 bits per heavy atom. The Bertz CT molecular complexity index is 756. The van der Waals surface area contributed by atoms with E-state index in [1.54, 1.807) is 18.2 Å². The molecule has 0 atom stereocenters. The van der Waals surface area contributed by atoms with Gasteiger partial charge in [0.25, 0.3) is 0 Å². The van der Waals surface area contributed by atoms with Gasteiger partial charge in [0.1, 0.15) is 6.61 Å².